The summed E-state index contributed by atoms with van der Waals surface area (Å²) in [5.41, 5.74) is 1.84. The topological polar surface area (TPSA) is 82.1 Å². The van der Waals surface area contributed by atoms with Crippen LogP contribution in [0.2, 0.25) is 5.02 Å². The molecule has 0 fully saturated rings. The van der Waals surface area contributed by atoms with E-state index in [0.717, 1.165) is 0 Å². The Bertz CT molecular complexity index is 983. The molecule has 0 spiro atoms. The fourth-order valence-corrected chi connectivity index (χ4v) is 2.58. The van der Waals surface area contributed by atoms with Gasteiger partial charge < -0.3 is 4.52 Å². The van der Waals surface area contributed by atoms with Gasteiger partial charge >= 0.3 is 0 Å². The highest BCUT2D eigenvalue weighted by molar-refractivity contribution is 6.50. The van der Waals surface area contributed by atoms with E-state index in [0.29, 0.717) is 27.5 Å². The molecule has 25 heavy (non-hydrogen) atoms. The molecule has 0 radical (unpaired) electrons. The maximum Gasteiger partial charge on any atom is 0.272 e. The minimum Gasteiger partial charge on any atom is -0.333 e. The number of benzene rings is 2. The molecule has 0 aliphatic carbocycles. The SMILES string of the molecule is Cc1ccc(/C=C(\Cl)c2nc(-c3cccc(Cl)c3)no2)cc1[N+](=O)[O-]. The van der Waals surface area contributed by atoms with Crippen LogP contribution in [0.1, 0.15) is 17.0 Å². The Balaban J connectivity index is 1.91. The monoisotopic (exact) mass is 375 g/mol. The molecule has 0 N–H and O–H groups in total. The Morgan fingerprint density at radius 3 is 2.80 bits per heavy atom. The zero-order chi connectivity index (χ0) is 18.0. The van der Waals surface area contributed by atoms with Crippen molar-refractivity contribution in [1.82, 2.24) is 10.1 Å². The summed E-state index contributed by atoms with van der Waals surface area (Å²) in [4.78, 5) is 14.8. The Labute approximate surface area is 152 Å². The molecule has 3 rings (SSSR count). The number of rotatable bonds is 4. The van der Waals surface area contributed by atoms with Crippen LogP contribution in [-0.2, 0) is 0 Å². The van der Waals surface area contributed by atoms with Gasteiger partial charge in [-0.1, -0.05) is 52.6 Å². The second-order valence-electron chi connectivity index (χ2n) is 5.23. The quantitative estimate of drug-likeness (QED) is 0.453. The van der Waals surface area contributed by atoms with E-state index in [9.17, 15) is 10.1 Å². The van der Waals surface area contributed by atoms with Gasteiger partial charge in [0.15, 0.2) is 0 Å². The minimum atomic E-state index is -0.440. The molecule has 126 valence electrons. The lowest BCUT2D eigenvalue weighted by atomic mass is 10.1. The molecule has 1 heterocycles. The molecule has 0 aliphatic heterocycles. The van der Waals surface area contributed by atoms with Gasteiger partial charge in [0, 0.05) is 22.2 Å². The molecule has 6 nitrogen and oxygen atoms in total. The Morgan fingerprint density at radius 2 is 2.08 bits per heavy atom. The van der Waals surface area contributed by atoms with Crippen molar-refractivity contribution >= 4 is 40.0 Å². The number of halogens is 2. The van der Waals surface area contributed by atoms with Gasteiger partial charge in [-0.15, -0.1) is 0 Å². The number of aryl methyl sites for hydroxylation is 1. The number of nitro benzene ring substituents is 1. The number of aromatic nitrogens is 2. The summed E-state index contributed by atoms with van der Waals surface area (Å²) in [6, 6.07) is 11.8. The lowest BCUT2D eigenvalue weighted by Gasteiger charge is -1.99. The Kier molecular flexibility index (Phi) is 4.83. The lowest BCUT2D eigenvalue weighted by Crippen LogP contribution is -1.92. The summed E-state index contributed by atoms with van der Waals surface area (Å²) < 4.78 is 5.16. The second kappa shape index (κ2) is 7.04. The summed E-state index contributed by atoms with van der Waals surface area (Å²) >= 11 is 12.2. The molecule has 0 unspecified atom stereocenters. The predicted molar refractivity (Wildman–Crippen MR) is 96.3 cm³/mol. The standard InChI is InChI=1S/C17H11Cl2N3O3/c1-10-5-6-11(8-15(10)22(23)24)7-14(19)17-20-16(21-25-17)12-3-2-4-13(18)9-12/h2-9H,1H3/b14-7-. The first kappa shape index (κ1) is 17.1. The van der Waals surface area contributed by atoms with E-state index in [2.05, 4.69) is 10.1 Å². The first-order chi connectivity index (χ1) is 11.9. The highest BCUT2D eigenvalue weighted by Crippen LogP contribution is 2.27. The van der Waals surface area contributed by atoms with Crippen LogP contribution in [0.5, 0.6) is 0 Å². The fourth-order valence-electron chi connectivity index (χ4n) is 2.19. The molecule has 3 aromatic rings. The van der Waals surface area contributed by atoms with Gasteiger partial charge in [0.25, 0.3) is 11.6 Å². The molecule has 0 amide bonds. The van der Waals surface area contributed by atoms with E-state index < -0.39 is 4.92 Å². The average molecular weight is 376 g/mol. The van der Waals surface area contributed by atoms with Crippen LogP contribution in [0.15, 0.2) is 47.0 Å². The third-order valence-corrected chi connectivity index (χ3v) is 3.94. The van der Waals surface area contributed by atoms with E-state index in [1.807, 2.05) is 0 Å². The molecule has 0 saturated heterocycles. The maximum atomic E-state index is 11.0. The van der Waals surface area contributed by atoms with E-state index in [1.165, 1.54) is 12.1 Å². The van der Waals surface area contributed by atoms with Crippen molar-refractivity contribution in [3.05, 3.63) is 74.6 Å². The van der Waals surface area contributed by atoms with Gasteiger partial charge in [-0.05, 0) is 30.7 Å². The smallest absolute Gasteiger partial charge is 0.272 e. The van der Waals surface area contributed by atoms with Crippen LogP contribution < -0.4 is 0 Å². The van der Waals surface area contributed by atoms with Crippen molar-refractivity contribution < 1.29 is 9.45 Å². The van der Waals surface area contributed by atoms with Gasteiger partial charge in [0.05, 0.1) is 4.92 Å². The van der Waals surface area contributed by atoms with Crippen molar-refractivity contribution in [2.75, 3.05) is 0 Å². The normalized spacial score (nSPS) is 11.6. The minimum absolute atomic E-state index is 0.0170. The largest absolute Gasteiger partial charge is 0.333 e. The van der Waals surface area contributed by atoms with Crippen LogP contribution in [0.3, 0.4) is 0 Å². The van der Waals surface area contributed by atoms with Crippen LogP contribution in [0, 0.1) is 17.0 Å². The Morgan fingerprint density at radius 1 is 1.28 bits per heavy atom. The fraction of sp³-hybridized carbons (Fsp3) is 0.0588. The van der Waals surface area contributed by atoms with Crippen molar-refractivity contribution in [2.45, 2.75) is 6.92 Å². The van der Waals surface area contributed by atoms with Crippen molar-refractivity contribution in [3.63, 3.8) is 0 Å². The molecule has 0 aliphatic rings. The molecule has 8 heteroatoms. The van der Waals surface area contributed by atoms with Crippen molar-refractivity contribution in [1.29, 1.82) is 0 Å². The van der Waals surface area contributed by atoms with Gasteiger partial charge in [-0.3, -0.25) is 10.1 Å². The molecule has 2 aromatic carbocycles. The lowest BCUT2D eigenvalue weighted by molar-refractivity contribution is -0.385. The third-order valence-electron chi connectivity index (χ3n) is 3.44. The van der Waals surface area contributed by atoms with Crippen molar-refractivity contribution in [3.8, 4) is 11.4 Å². The van der Waals surface area contributed by atoms with E-state index in [-0.39, 0.29) is 16.6 Å². The summed E-state index contributed by atoms with van der Waals surface area (Å²) in [6.07, 6.45) is 1.53. The predicted octanol–water partition coefficient (Wildman–Crippen LogP) is 5.34. The number of nitro groups is 1. The number of hydrogen-bond donors (Lipinski definition) is 0. The van der Waals surface area contributed by atoms with Crippen LogP contribution in [-0.4, -0.2) is 15.1 Å². The molecule has 0 atom stereocenters. The zero-order valence-corrected chi connectivity index (χ0v) is 14.5. The third kappa shape index (κ3) is 3.87. The second-order valence-corrected chi connectivity index (χ2v) is 6.07. The number of nitrogens with zero attached hydrogens (tertiary/aromatic N) is 3. The molecule has 1 aromatic heterocycles. The zero-order valence-electron chi connectivity index (χ0n) is 12.9. The average Bonchev–Trinajstić information content (AvgIpc) is 3.06. The van der Waals surface area contributed by atoms with Gasteiger partial charge in [0.1, 0.15) is 5.03 Å². The molecular weight excluding hydrogens is 365 g/mol. The summed E-state index contributed by atoms with van der Waals surface area (Å²) in [5.74, 6) is 0.457. The Hall–Kier alpha value is -2.70. The summed E-state index contributed by atoms with van der Waals surface area (Å²) in [7, 11) is 0. The van der Waals surface area contributed by atoms with Crippen molar-refractivity contribution in [2.24, 2.45) is 0 Å². The first-order valence-corrected chi connectivity index (χ1v) is 7.92. The van der Waals surface area contributed by atoms with E-state index in [1.54, 1.807) is 43.3 Å². The van der Waals surface area contributed by atoms with E-state index in [4.69, 9.17) is 27.7 Å². The van der Waals surface area contributed by atoms with Gasteiger partial charge in [-0.25, -0.2) is 0 Å². The van der Waals surface area contributed by atoms with E-state index >= 15 is 0 Å². The van der Waals surface area contributed by atoms with Crippen LogP contribution >= 0.6 is 23.2 Å². The van der Waals surface area contributed by atoms with Crippen LogP contribution in [0.4, 0.5) is 5.69 Å². The summed E-state index contributed by atoms with van der Waals surface area (Å²) in [5, 5.41) is 15.6. The molecular formula is C17H11Cl2N3O3. The van der Waals surface area contributed by atoms with Gasteiger partial charge in [-0.2, -0.15) is 4.98 Å². The molecule has 0 saturated carbocycles. The molecule has 0 bridgehead atoms. The van der Waals surface area contributed by atoms with Crippen LogP contribution in [0.25, 0.3) is 22.5 Å². The van der Waals surface area contributed by atoms with Gasteiger partial charge in [0.2, 0.25) is 5.82 Å². The highest BCUT2D eigenvalue weighted by atomic mass is 35.5. The first-order valence-electron chi connectivity index (χ1n) is 7.16. The summed E-state index contributed by atoms with van der Waals surface area (Å²) in [6.45, 7) is 1.67. The maximum absolute atomic E-state index is 11.0. The number of hydrogen-bond acceptors (Lipinski definition) is 5. The highest BCUT2D eigenvalue weighted by Gasteiger charge is 2.14.